The van der Waals surface area contributed by atoms with Gasteiger partial charge in [0.2, 0.25) is 0 Å². The first-order chi connectivity index (χ1) is 10.4. The van der Waals surface area contributed by atoms with Crippen LogP contribution in [-0.2, 0) is 0 Å². The van der Waals surface area contributed by atoms with Crippen LogP contribution in [-0.4, -0.2) is 21.4 Å². The summed E-state index contributed by atoms with van der Waals surface area (Å²) in [6.07, 6.45) is 16.5. The lowest BCUT2D eigenvalue weighted by molar-refractivity contribution is -0.140. The molecule has 0 saturated heterocycles. The van der Waals surface area contributed by atoms with Crippen molar-refractivity contribution < 1.29 is 10.2 Å². The highest BCUT2D eigenvalue weighted by molar-refractivity contribution is 4.93. The summed E-state index contributed by atoms with van der Waals surface area (Å²) in [6, 6.07) is 0. The van der Waals surface area contributed by atoms with Gasteiger partial charge in [0, 0.05) is 0 Å². The Labute approximate surface area is 138 Å². The SMILES string of the molecule is C=CCCCCCCCCCC(C)(O)C(C)(O)CCCC=C. The molecule has 2 unspecified atom stereocenters. The van der Waals surface area contributed by atoms with Crippen molar-refractivity contribution in [3.63, 3.8) is 0 Å². The molecule has 2 nitrogen and oxygen atoms in total. The van der Waals surface area contributed by atoms with Crippen molar-refractivity contribution in [2.24, 2.45) is 0 Å². The first-order valence-electron chi connectivity index (χ1n) is 9.04. The minimum atomic E-state index is -1.01. The van der Waals surface area contributed by atoms with Crippen LogP contribution >= 0.6 is 0 Å². The van der Waals surface area contributed by atoms with Gasteiger partial charge >= 0.3 is 0 Å². The van der Waals surface area contributed by atoms with Crippen LogP contribution in [0.4, 0.5) is 0 Å². The van der Waals surface area contributed by atoms with E-state index < -0.39 is 11.2 Å². The number of unbranched alkanes of at least 4 members (excludes halogenated alkanes) is 8. The molecule has 0 aromatic rings. The molecule has 0 aliphatic heterocycles. The Morgan fingerprint density at radius 2 is 1.00 bits per heavy atom. The van der Waals surface area contributed by atoms with Gasteiger partial charge in [-0.3, -0.25) is 0 Å². The van der Waals surface area contributed by atoms with E-state index >= 15 is 0 Å². The third-order valence-electron chi connectivity index (χ3n) is 4.80. The summed E-state index contributed by atoms with van der Waals surface area (Å²) in [5, 5.41) is 21.1. The average Bonchev–Trinajstić information content (AvgIpc) is 2.45. The van der Waals surface area contributed by atoms with Crippen LogP contribution in [0.5, 0.6) is 0 Å². The molecule has 0 spiro atoms. The molecule has 0 aromatic heterocycles. The Kier molecular flexibility index (Phi) is 11.6. The van der Waals surface area contributed by atoms with Gasteiger partial charge in [-0.1, -0.05) is 50.7 Å². The van der Waals surface area contributed by atoms with Crippen LogP contribution in [0.1, 0.15) is 90.9 Å². The highest BCUT2D eigenvalue weighted by Crippen LogP contribution is 2.32. The minimum absolute atomic E-state index is 0.620. The maximum Gasteiger partial charge on any atom is 0.0902 e. The molecule has 2 heteroatoms. The second kappa shape index (κ2) is 11.9. The molecule has 0 radical (unpaired) electrons. The quantitative estimate of drug-likeness (QED) is 0.308. The first kappa shape index (κ1) is 21.4. The maximum atomic E-state index is 10.6. The van der Waals surface area contributed by atoms with Crippen LogP contribution in [0.15, 0.2) is 25.3 Å². The largest absolute Gasteiger partial charge is 0.387 e. The normalized spacial score (nSPS) is 16.7. The molecule has 0 bridgehead atoms. The van der Waals surface area contributed by atoms with Gasteiger partial charge in [-0.2, -0.15) is 0 Å². The van der Waals surface area contributed by atoms with Crippen LogP contribution in [0.2, 0.25) is 0 Å². The Hall–Kier alpha value is -0.600. The van der Waals surface area contributed by atoms with Crippen molar-refractivity contribution in [2.75, 3.05) is 0 Å². The molecule has 0 amide bonds. The lowest BCUT2D eigenvalue weighted by Gasteiger charge is -2.39. The molecular weight excluding hydrogens is 272 g/mol. The molecule has 0 aliphatic carbocycles. The molecule has 130 valence electrons. The molecule has 0 saturated carbocycles. The minimum Gasteiger partial charge on any atom is -0.387 e. The zero-order chi connectivity index (χ0) is 16.9. The fourth-order valence-corrected chi connectivity index (χ4v) is 2.77. The van der Waals surface area contributed by atoms with Crippen LogP contribution in [0, 0.1) is 0 Å². The van der Waals surface area contributed by atoms with Gasteiger partial charge in [-0.25, -0.2) is 0 Å². The predicted molar refractivity (Wildman–Crippen MR) is 97.0 cm³/mol. The molecular formula is C20H38O2. The van der Waals surface area contributed by atoms with Gasteiger partial charge in [0.25, 0.3) is 0 Å². The van der Waals surface area contributed by atoms with Crippen molar-refractivity contribution in [1.29, 1.82) is 0 Å². The zero-order valence-corrected chi connectivity index (χ0v) is 14.9. The number of hydrogen-bond acceptors (Lipinski definition) is 2. The van der Waals surface area contributed by atoms with Crippen molar-refractivity contribution in [3.8, 4) is 0 Å². The van der Waals surface area contributed by atoms with E-state index in [1.54, 1.807) is 13.8 Å². The Bertz CT molecular complexity index is 292. The number of aliphatic hydroxyl groups is 2. The van der Waals surface area contributed by atoms with E-state index in [2.05, 4.69) is 13.2 Å². The zero-order valence-electron chi connectivity index (χ0n) is 14.9. The van der Waals surface area contributed by atoms with Gasteiger partial charge in [-0.05, 0) is 52.4 Å². The van der Waals surface area contributed by atoms with Crippen LogP contribution in [0.25, 0.3) is 0 Å². The molecule has 0 aromatic carbocycles. The average molecular weight is 311 g/mol. The summed E-state index contributed by atoms with van der Waals surface area (Å²) in [5.41, 5.74) is -2.02. The predicted octanol–water partition coefficient (Wildman–Crippen LogP) is 5.54. The van der Waals surface area contributed by atoms with Gasteiger partial charge in [0.15, 0.2) is 0 Å². The monoisotopic (exact) mass is 310 g/mol. The van der Waals surface area contributed by atoms with E-state index in [1.807, 2.05) is 12.2 Å². The summed E-state index contributed by atoms with van der Waals surface area (Å²) in [4.78, 5) is 0. The molecule has 0 fully saturated rings. The first-order valence-corrected chi connectivity index (χ1v) is 9.04. The third-order valence-corrected chi connectivity index (χ3v) is 4.80. The van der Waals surface area contributed by atoms with E-state index in [9.17, 15) is 10.2 Å². The summed E-state index contributed by atoms with van der Waals surface area (Å²) < 4.78 is 0. The Balaban J connectivity index is 3.77. The lowest BCUT2D eigenvalue weighted by Crippen LogP contribution is -2.49. The maximum absolute atomic E-state index is 10.6. The molecule has 2 atom stereocenters. The fourth-order valence-electron chi connectivity index (χ4n) is 2.77. The van der Waals surface area contributed by atoms with Gasteiger partial charge < -0.3 is 10.2 Å². The lowest BCUT2D eigenvalue weighted by atomic mass is 9.78. The van der Waals surface area contributed by atoms with Crippen molar-refractivity contribution >= 4 is 0 Å². The summed E-state index contributed by atoms with van der Waals surface area (Å²) in [5.74, 6) is 0. The topological polar surface area (TPSA) is 40.5 Å². The Morgan fingerprint density at radius 3 is 1.50 bits per heavy atom. The van der Waals surface area contributed by atoms with Crippen molar-refractivity contribution in [2.45, 2.75) is 102 Å². The molecule has 0 aliphatic rings. The molecule has 0 rings (SSSR count). The smallest absolute Gasteiger partial charge is 0.0902 e. The second-order valence-corrected chi connectivity index (χ2v) is 7.03. The summed E-state index contributed by atoms with van der Waals surface area (Å²) >= 11 is 0. The molecule has 2 N–H and O–H groups in total. The van der Waals surface area contributed by atoms with Crippen LogP contribution < -0.4 is 0 Å². The molecule has 22 heavy (non-hydrogen) atoms. The number of hydrogen-bond donors (Lipinski definition) is 2. The van der Waals surface area contributed by atoms with E-state index in [0.29, 0.717) is 12.8 Å². The standard InChI is InChI=1S/C20H38O2/c1-5-7-9-10-11-12-13-14-16-18-20(4,22)19(3,21)17-15-8-6-2/h5-6,21-22H,1-2,7-18H2,3-4H3. The summed E-state index contributed by atoms with van der Waals surface area (Å²) in [6.45, 7) is 11.0. The van der Waals surface area contributed by atoms with E-state index in [4.69, 9.17) is 0 Å². The van der Waals surface area contributed by atoms with Crippen molar-refractivity contribution in [3.05, 3.63) is 25.3 Å². The molecule has 0 heterocycles. The third kappa shape index (κ3) is 9.42. The van der Waals surface area contributed by atoms with Gasteiger partial charge in [0.05, 0.1) is 11.2 Å². The van der Waals surface area contributed by atoms with E-state index in [1.165, 1.54) is 32.1 Å². The number of rotatable bonds is 15. The highest BCUT2D eigenvalue weighted by Gasteiger charge is 2.40. The van der Waals surface area contributed by atoms with Gasteiger partial charge in [0.1, 0.15) is 0 Å². The van der Waals surface area contributed by atoms with Crippen LogP contribution in [0.3, 0.4) is 0 Å². The number of allylic oxidation sites excluding steroid dienone is 2. The van der Waals surface area contributed by atoms with Crippen molar-refractivity contribution in [1.82, 2.24) is 0 Å². The second-order valence-electron chi connectivity index (χ2n) is 7.03. The van der Waals surface area contributed by atoms with E-state index in [0.717, 1.165) is 32.1 Å². The van der Waals surface area contributed by atoms with E-state index in [-0.39, 0.29) is 0 Å². The summed E-state index contributed by atoms with van der Waals surface area (Å²) in [7, 11) is 0. The fraction of sp³-hybridized carbons (Fsp3) is 0.800. The Morgan fingerprint density at radius 1 is 0.636 bits per heavy atom. The van der Waals surface area contributed by atoms with Gasteiger partial charge in [-0.15, -0.1) is 13.2 Å². The highest BCUT2D eigenvalue weighted by atomic mass is 16.4.